The van der Waals surface area contributed by atoms with Crippen molar-refractivity contribution in [3.8, 4) is 16.9 Å². The number of para-hydroxylation sites is 1. The lowest BCUT2D eigenvalue weighted by Crippen LogP contribution is -2.49. The van der Waals surface area contributed by atoms with E-state index < -0.39 is 0 Å². The Morgan fingerprint density at radius 2 is 1.78 bits per heavy atom. The molecule has 166 valence electrons. The molecule has 0 amide bonds. The van der Waals surface area contributed by atoms with Crippen molar-refractivity contribution in [2.24, 2.45) is 4.99 Å². The Balaban J connectivity index is 1.64. The van der Waals surface area contributed by atoms with Gasteiger partial charge in [0.2, 0.25) is 0 Å². The summed E-state index contributed by atoms with van der Waals surface area (Å²) in [6.45, 7) is 5.10. The Bertz CT molecular complexity index is 1130. The van der Waals surface area contributed by atoms with Gasteiger partial charge in [0.1, 0.15) is 5.69 Å². The van der Waals surface area contributed by atoms with Crippen LogP contribution in [0, 0.1) is 6.92 Å². The van der Waals surface area contributed by atoms with Crippen LogP contribution in [0.5, 0.6) is 0 Å². The first-order valence-corrected chi connectivity index (χ1v) is 11.6. The zero-order valence-electron chi connectivity index (χ0n) is 17.9. The topological polar surface area (TPSA) is 54.7 Å². The van der Waals surface area contributed by atoms with E-state index in [-0.39, 0.29) is 0 Å². The third kappa shape index (κ3) is 4.55. The first kappa shape index (κ1) is 21.5. The molecule has 1 aromatic heterocycles. The fourth-order valence-electron chi connectivity index (χ4n) is 3.82. The van der Waals surface area contributed by atoms with Crippen molar-refractivity contribution < 1.29 is 4.74 Å². The molecule has 2 aliphatic rings. The van der Waals surface area contributed by atoms with Gasteiger partial charge in [0, 0.05) is 29.2 Å². The lowest BCUT2D eigenvalue weighted by molar-refractivity contribution is 0.0248. The Morgan fingerprint density at radius 3 is 2.47 bits per heavy atom. The number of benzene rings is 2. The van der Waals surface area contributed by atoms with E-state index in [2.05, 4.69) is 17.4 Å². The maximum Gasteiger partial charge on any atom is 0.164 e. The number of ether oxygens (including phenoxy) is 1. The number of amidine groups is 1. The predicted octanol–water partition coefficient (Wildman–Crippen LogP) is 4.90. The number of hydrogen-bond acceptors (Lipinski definition) is 4. The highest BCUT2D eigenvalue weighted by atomic mass is 35.5. The summed E-state index contributed by atoms with van der Waals surface area (Å²) in [5.74, 6) is 0.799. The Hall–Kier alpha value is -2.38. The molecule has 1 saturated heterocycles. The number of halogens is 2. The number of aromatic nitrogens is 2. The van der Waals surface area contributed by atoms with E-state index in [9.17, 15) is 0 Å². The highest BCUT2D eigenvalue weighted by Crippen LogP contribution is 2.33. The lowest BCUT2D eigenvalue weighted by atomic mass is 10.1. The van der Waals surface area contributed by atoms with Crippen LogP contribution in [-0.2, 0) is 4.74 Å². The van der Waals surface area contributed by atoms with Gasteiger partial charge in [-0.15, -0.1) is 0 Å². The highest BCUT2D eigenvalue weighted by Gasteiger charge is 2.27. The second kappa shape index (κ2) is 9.24. The van der Waals surface area contributed by atoms with Gasteiger partial charge in [-0.05, 0) is 44.0 Å². The molecular weight excluding hydrogens is 445 g/mol. The van der Waals surface area contributed by atoms with Gasteiger partial charge in [-0.2, -0.15) is 5.10 Å². The third-order valence-corrected chi connectivity index (χ3v) is 6.25. The molecule has 1 aliphatic heterocycles. The van der Waals surface area contributed by atoms with Crippen molar-refractivity contribution in [2.75, 3.05) is 26.3 Å². The molecule has 32 heavy (non-hydrogen) atoms. The molecule has 1 N–H and O–H groups in total. The molecule has 6 nitrogen and oxygen atoms in total. The lowest BCUT2D eigenvalue weighted by Gasteiger charge is -2.28. The number of hydrazine groups is 1. The average molecular weight is 470 g/mol. The second-order valence-corrected chi connectivity index (χ2v) is 8.96. The molecule has 2 fully saturated rings. The van der Waals surface area contributed by atoms with Crippen LogP contribution >= 0.6 is 23.2 Å². The highest BCUT2D eigenvalue weighted by molar-refractivity contribution is 6.32. The predicted molar refractivity (Wildman–Crippen MR) is 129 cm³/mol. The molecule has 0 spiro atoms. The number of rotatable bonds is 5. The van der Waals surface area contributed by atoms with Crippen molar-refractivity contribution in [2.45, 2.75) is 25.8 Å². The minimum atomic E-state index is 0.349. The van der Waals surface area contributed by atoms with Gasteiger partial charge in [0.05, 0.1) is 35.7 Å². The summed E-state index contributed by atoms with van der Waals surface area (Å²) in [6.07, 6.45) is 2.23. The van der Waals surface area contributed by atoms with Crippen LogP contribution in [0.3, 0.4) is 0 Å². The molecule has 8 heteroatoms. The summed E-state index contributed by atoms with van der Waals surface area (Å²) in [5.41, 5.74) is 8.20. The van der Waals surface area contributed by atoms with Crippen molar-refractivity contribution in [3.05, 3.63) is 69.8 Å². The molecule has 1 aliphatic carbocycles. The minimum absolute atomic E-state index is 0.349. The summed E-state index contributed by atoms with van der Waals surface area (Å²) in [4.78, 5) is 4.98. The van der Waals surface area contributed by atoms with Crippen LogP contribution in [-0.4, -0.2) is 53.0 Å². The Morgan fingerprint density at radius 1 is 1.06 bits per heavy atom. The summed E-state index contributed by atoms with van der Waals surface area (Å²) < 4.78 is 7.42. The first-order chi connectivity index (χ1) is 15.6. The molecule has 3 aromatic rings. The summed E-state index contributed by atoms with van der Waals surface area (Å²) in [5, 5.41) is 8.52. The van der Waals surface area contributed by atoms with Gasteiger partial charge in [-0.1, -0.05) is 47.5 Å². The van der Waals surface area contributed by atoms with E-state index >= 15 is 0 Å². The standard InChI is InChI=1S/C24H25Cl2N5O/c1-16-22(24(27-19-10-11-19)29-30-12-14-32-15-13-30)28-31(21-5-3-2-4-20(21)26)23(16)17-6-8-18(25)9-7-17/h2-9,19H,10-15H2,1H3,(H,27,29). The number of nitrogens with one attached hydrogen (secondary N) is 1. The fourth-order valence-corrected chi connectivity index (χ4v) is 4.16. The smallest absolute Gasteiger partial charge is 0.164 e. The van der Waals surface area contributed by atoms with E-state index in [4.69, 9.17) is 38.0 Å². The molecule has 1 saturated carbocycles. The summed E-state index contributed by atoms with van der Waals surface area (Å²) in [7, 11) is 0. The average Bonchev–Trinajstić information content (AvgIpc) is 3.56. The number of hydrogen-bond donors (Lipinski definition) is 1. The van der Waals surface area contributed by atoms with Crippen molar-refractivity contribution in [1.29, 1.82) is 0 Å². The molecular formula is C24H25Cl2N5O. The van der Waals surface area contributed by atoms with E-state index in [0.29, 0.717) is 29.3 Å². The molecule has 5 rings (SSSR count). The molecule has 0 radical (unpaired) electrons. The van der Waals surface area contributed by atoms with Crippen LogP contribution in [0.2, 0.25) is 10.0 Å². The maximum absolute atomic E-state index is 6.58. The SMILES string of the molecule is Cc1c(C(=NC2CC2)NN2CCOCC2)nn(-c2ccccc2Cl)c1-c1ccc(Cl)cc1. The number of nitrogens with zero attached hydrogens (tertiary/aromatic N) is 4. The molecule has 0 atom stereocenters. The largest absolute Gasteiger partial charge is 0.379 e. The van der Waals surface area contributed by atoms with Gasteiger partial charge in [-0.3, -0.25) is 4.99 Å². The van der Waals surface area contributed by atoms with Crippen LogP contribution < -0.4 is 5.43 Å². The van der Waals surface area contributed by atoms with Crippen LogP contribution in [0.1, 0.15) is 24.1 Å². The minimum Gasteiger partial charge on any atom is -0.379 e. The summed E-state index contributed by atoms with van der Waals surface area (Å²) >= 11 is 12.7. The van der Waals surface area contributed by atoms with Crippen LogP contribution in [0.4, 0.5) is 0 Å². The molecule has 0 unspecified atom stereocenters. The van der Waals surface area contributed by atoms with Crippen molar-refractivity contribution in [3.63, 3.8) is 0 Å². The first-order valence-electron chi connectivity index (χ1n) is 10.9. The molecule has 2 aromatic carbocycles. The zero-order chi connectivity index (χ0) is 22.1. The summed E-state index contributed by atoms with van der Waals surface area (Å²) in [6, 6.07) is 15.9. The van der Waals surface area contributed by atoms with Crippen LogP contribution in [0.15, 0.2) is 53.5 Å². The third-order valence-electron chi connectivity index (χ3n) is 5.68. The zero-order valence-corrected chi connectivity index (χ0v) is 19.4. The van der Waals surface area contributed by atoms with Crippen molar-refractivity contribution in [1.82, 2.24) is 20.2 Å². The van der Waals surface area contributed by atoms with Gasteiger partial charge in [0.25, 0.3) is 0 Å². The van der Waals surface area contributed by atoms with E-state index in [0.717, 1.165) is 60.0 Å². The van der Waals surface area contributed by atoms with Gasteiger partial charge < -0.3 is 10.2 Å². The van der Waals surface area contributed by atoms with Gasteiger partial charge >= 0.3 is 0 Å². The number of morpholine rings is 1. The van der Waals surface area contributed by atoms with Crippen molar-refractivity contribution >= 4 is 29.0 Å². The van der Waals surface area contributed by atoms with Gasteiger partial charge in [-0.25, -0.2) is 9.69 Å². The van der Waals surface area contributed by atoms with E-state index in [1.54, 1.807) is 0 Å². The Kier molecular flexibility index (Phi) is 6.20. The Labute approximate surface area is 197 Å². The monoisotopic (exact) mass is 469 g/mol. The van der Waals surface area contributed by atoms with Crippen LogP contribution in [0.25, 0.3) is 16.9 Å². The van der Waals surface area contributed by atoms with Gasteiger partial charge in [0.15, 0.2) is 5.84 Å². The quantitative estimate of drug-likeness (QED) is 0.426. The normalized spacial score (nSPS) is 17.5. The van der Waals surface area contributed by atoms with E-state index in [1.165, 1.54) is 0 Å². The second-order valence-electron chi connectivity index (χ2n) is 8.11. The van der Waals surface area contributed by atoms with E-state index in [1.807, 2.05) is 53.2 Å². The molecule has 2 heterocycles. The fraction of sp³-hybridized carbons (Fsp3) is 0.333. The molecule has 0 bridgehead atoms. The maximum atomic E-state index is 6.58. The number of aliphatic imine (C=N–C) groups is 1.